The smallest absolute Gasteiger partial charge is 0.196 e. The summed E-state index contributed by atoms with van der Waals surface area (Å²) in [5, 5.41) is 2.77. The molecule has 28 heavy (non-hydrogen) atoms. The lowest BCUT2D eigenvalue weighted by molar-refractivity contribution is 0.595. The van der Waals surface area contributed by atoms with Crippen LogP contribution >= 0.6 is 11.3 Å². The molecule has 0 bridgehead atoms. The molecule has 138 valence electrons. The molecule has 4 rings (SSSR count). The second-order valence-electron chi connectivity index (χ2n) is 5.98. The van der Waals surface area contributed by atoms with Crippen molar-refractivity contribution >= 4 is 37.6 Å². The number of thiazole rings is 1. The first-order valence-electron chi connectivity index (χ1n) is 8.16. The van der Waals surface area contributed by atoms with Gasteiger partial charge in [0.2, 0.25) is 0 Å². The van der Waals surface area contributed by atoms with Crippen molar-refractivity contribution in [1.82, 2.24) is 9.97 Å². The van der Waals surface area contributed by atoms with Crippen molar-refractivity contribution in [2.75, 3.05) is 0 Å². The Hall–Kier alpha value is -3.15. The average molecular weight is 409 g/mol. The quantitative estimate of drug-likeness (QED) is 0.444. The van der Waals surface area contributed by atoms with Gasteiger partial charge in [-0.3, -0.25) is 4.98 Å². The third kappa shape index (κ3) is 3.26. The van der Waals surface area contributed by atoms with Gasteiger partial charge in [0.05, 0.1) is 23.4 Å². The summed E-state index contributed by atoms with van der Waals surface area (Å²) in [4.78, 5) is 11.7. The lowest BCUT2D eigenvalue weighted by Gasteiger charge is -2.10. The Balaban J connectivity index is 1.88. The van der Waals surface area contributed by atoms with E-state index in [4.69, 9.17) is 6.57 Å². The highest BCUT2D eigenvalue weighted by Crippen LogP contribution is 2.35. The molecule has 0 saturated carbocycles. The Kier molecular flexibility index (Phi) is 4.63. The normalized spacial score (nSPS) is 11.4. The summed E-state index contributed by atoms with van der Waals surface area (Å²) in [5.74, 6) is -0.860. The number of benzene rings is 2. The highest BCUT2D eigenvalue weighted by atomic mass is 32.2. The fraction of sp³-hybridized carbons (Fsp3) is 0.0500. The average Bonchev–Trinajstić information content (AvgIpc) is 3.20. The van der Waals surface area contributed by atoms with Crippen LogP contribution in [0.25, 0.3) is 26.9 Å². The molecule has 4 aromatic rings. The van der Waals surface area contributed by atoms with E-state index in [-0.39, 0.29) is 16.0 Å². The minimum Gasteiger partial charge on any atom is -0.254 e. The van der Waals surface area contributed by atoms with Crippen molar-refractivity contribution in [3.63, 3.8) is 0 Å². The van der Waals surface area contributed by atoms with E-state index in [2.05, 4.69) is 14.8 Å². The Labute approximate surface area is 164 Å². The Morgan fingerprint density at radius 3 is 2.68 bits per heavy atom. The van der Waals surface area contributed by atoms with Gasteiger partial charge in [0.15, 0.2) is 15.5 Å². The van der Waals surface area contributed by atoms with Crippen molar-refractivity contribution in [3.8, 4) is 11.3 Å². The largest absolute Gasteiger partial charge is 0.254 e. The van der Waals surface area contributed by atoms with Gasteiger partial charge in [-0.2, -0.15) is 0 Å². The SMILES string of the molecule is [C-]#[N+]c1ccccc1-c1ncc(F)c2cc(S(=O)(=O)Cc3nccs3)ccc12. The molecule has 8 heteroatoms. The number of hydrogen-bond acceptors (Lipinski definition) is 5. The molecule has 2 aromatic carbocycles. The summed E-state index contributed by atoms with van der Waals surface area (Å²) in [6.45, 7) is 7.33. The molecule has 0 atom stereocenters. The number of rotatable bonds is 4. The van der Waals surface area contributed by atoms with E-state index < -0.39 is 15.7 Å². The number of para-hydroxylation sites is 1. The second kappa shape index (κ2) is 7.11. The number of hydrogen-bond donors (Lipinski definition) is 0. The zero-order valence-corrected chi connectivity index (χ0v) is 16.0. The van der Waals surface area contributed by atoms with E-state index in [0.717, 1.165) is 6.20 Å². The minimum absolute atomic E-state index is 0.0183. The van der Waals surface area contributed by atoms with Crippen LogP contribution in [0.1, 0.15) is 5.01 Å². The maximum atomic E-state index is 14.5. The Morgan fingerprint density at radius 2 is 1.93 bits per heavy atom. The van der Waals surface area contributed by atoms with E-state index in [1.165, 1.54) is 29.5 Å². The van der Waals surface area contributed by atoms with Crippen molar-refractivity contribution in [3.05, 3.63) is 82.5 Å². The highest BCUT2D eigenvalue weighted by Gasteiger charge is 2.20. The number of nitrogens with zero attached hydrogens (tertiary/aromatic N) is 3. The van der Waals surface area contributed by atoms with Gasteiger partial charge >= 0.3 is 0 Å². The van der Waals surface area contributed by atoms with Crippen LogP contribution in [-0.4, -0.2) is 18.4 Å². The minimum atomic E-state index is -3.67. The number of pyridine rings is 1. The molecule has 0 unspecified atom stereocenters. The first-order chi connectivity index (χ1) is 13.5. The van der Waals surface area contributed by atoms with Crippen molar-refractivity contribution in [2.24, 2.45) is 0 Å². The van der Waals surface area contributed by atoms with Crippen LogP contribution in [0, 0.1) is 12.4 Å². The number of halogens is 1. The highest BCUT2D eigenvalue weighted by molar-refractivity contribution is 7.90. The number of fused-ring (bicyclic) bond motifs is 1. The molecule has 0 aliphatic heterocycles. The van der Waals surface area contributed by atoms with Crippen molar-refractivity contribution in [1.29, 1.82) is 0 Å². The molecule has 0 saturated heterocycles. The predicted molar refractivity (Wildman–Crippen MR) is 106 cm³/mol. The van der Waals surface area contributed by atoms with Crippen LogP contribution in [0.5, 0.6) is 0 Å². The lowest BCUT2D eigenvalue weighted by Crippen LogP contribution is -2.05. The number of sulfone groups is 1. The zero-order chi connectivity index (χ0) is 19.7. The van der Waals surface area contributed by atoms with E-state index >= 15 is 0 Å². The van der Waals surface area contributed by atoms with E-state index in [1.54, 1.807) is 35.8 Å². The maximum Gasteiger partial charge on any atom is 0.196 e. The molecule has 0 aliphatic carbocycles. The van der Waals surface area contributed by atoms with Crippen LogP contribution in [0.3, 0.4) is 0 Å². The van der Waals surface area contributed by atoms with Gasteiger partial charge in [0, 0.05) is 27.9 Å². The first kappa shape index (κ1) is 18.2. The standard InChI is InChI=1S/C20H12FN3O2S2/c1-22-18-5-3-2-4-15(18)20-14-7-6-13(10-16(14)17(21)11-24-20)28(25,26)12-19-23-8-9-27-19/h2-11H,12H2. The molecule has 0 N–H and O–H groups in total. The molecule has 0 aliphatic rings. The van der Waals surface area contributed by atoms with Gasteiger partial charge in [0.1, 0.15) is 16.6 Å². The summed E-state index contributed by atoms with van der Waals surface area (Å²) < 4.78 is 39.9. The molecule has 0 fully saturated rings. The van der Waals surface area contributed by atoms with Crippen LogP contribution < -0.4 is 0 Å². The number of aromatic nitrogens is 2. The first-order valence-corrected chi connectivity index (χ1v) is 10.7. The van der Waals surface area contributed by atoms with E-state index in [9.17, 15) is 12.8 Å². The topological polar surface area (TPSA) is 64.3 Å². The maximum absolute atomic E-state index is 14.5. The van der Waals surface area contributed by atoms with Crippen molar-refractivity contribution in [2.45, 2.75) is 10.6 Å². The molecule has 0 radical (unpaired) electrons. The zero-order valence-electron chi connectivity index (χ0n) is 14.3. The van der Waals surface area contributed by atoms with Gasteiger partial charge in [-0.25, -0.2) is 22.6 Å². The van der Waals surface area contributed by atoms with Gasteiger partial charge in [-0.1, -0.05) is 30.3 Å². The molecule has 5 nitrogen and oxygen atoms in total. The Morgan fingerprint density at radius 1 is 1.11 bits per heavy atom. The molecule has 0 amide bonds. The molecule has 2 heterocycles. The summed E-state index contributed by atoms with van der Waals surface area (Å²) in [6.07, 6.45) is 2.60. The van der Waals surface area contributed by atoms with E-state index in [1.807, 2.05) is 0 Å². The Bertz CT molecular complexity index is 1330. The second-order valence-corrected chi connectivity index (χ2v) is 8.94. The molecular formula is C20H12FN3O2S2. The van der Waals surface area contributed by atoms with Gasteiger partial charge in [-0.05, 0) is 12.1 Å². The monoisotopic (exact) mass is 409 g/mol. The fourth-order valence-corrected chi connectivity index (χ4v) is 5.21. The molecule has 0 spiro atoms. The summed E-state index contributed by atoms with van der Waals surface area (Å²) in [5.41, 5.74) is 1.40. The third-order valence-electron chi connectivity index (χ3n) is 4.25. The summed E-state index contributed by atoms with van der Waals surface area (Å²) >= 11 is 1.25. The van der Waals surface area contributed by atoms with Gasteiger partial charge in [0.25, 0.3) is 0 Å². The molecule has 2 aromatic heterocycles. The molecular weight excluding hydrogens is 397 g/mol. The van der Waals surface area contributed by atoms with Crippen LogP contribution in [0.15, 0.2) is 65.1 Å². The van der Waals surface area contributed by atoms with Gasteiger partial charge < -0.3 is 0 Å². The lowest BCUT2D eigenvalue weighted by atomic mass is 10.0. The van der Waals surface area contributed by atoms with Crippen LogP contribution in [0.4, 0.5) is 10.1 Å². The fourth-order valence-electron chi connectivity index (χ4n) is 2.94. The van der Waals surface area contributed by atoms with E-state index in [0.29, 0.717) is 27.3 Å². The predicted octanol–water partition coefficient (Wildman–Crippen LogP) is 5.02. The van der Waals surface area contributed by atoms with Gasteiger partial charge in [-0.15, -0.1) is 11.3 Å². The van der Waals surface area contributed by atoms with Crippen LogP contribution in [-0.2, 0) is 15.6 Å². The van der Waals surface area contributed by atoms with Crippen LogP contribution in [0.2, 0.25) is 0 Å². The third-order valence-corrected chi connectivity index (χ3v) is 6.83. The summed E-state index contributed by atoms with van der Waals surface area (Å²) in [6, 6.07) is 11.2. The van der Waals surface area contributed by atoms with Crippen molar-refractivity contribution < 1.29 is 12.8 Å². The summed E-state index contributed by atoms with van der Waals surface area (Å²) in [7, 11) is -3.67.